The highest BCUT2D eigenvalue weighted by Gasteiger charge is 2.33. The molecule has 1 heterocycles. The predicted molar refractivity (Wildman–Crippen MR) is 75.9 cm³/mol. The van der Waals surface area contributed by atoms with E-state index < -0.39 is 32.6 Å². The molecule has 1 rings (SSSR count). The molecule has 1 aliphatic rings. The Morgan fingerprint density at radius 2 is 2.05 bits per heavy atom. The van der Waals surface area contributed by atoms with Crippen molar-refractivity contribution >= 4 is 21.8 Å². The maximum atomic E-state index is 12.1. The zero-order valence-electron chi connectivity index (χ0n) is 12.5. The molecule has 0 spiro atoms. The van der Waals surface area contributed by atoms with Crippen molar-refractivity contribution in [2.24, 2.45) is 0 Å². The average molecular weight is 322 g/mol. The van der Waals surface area contributed by atoms with E-state index >= 15 is 0 Å². The largest absolute Gasteiger partial charge is 0.481 e. The van der Waals surface area contributed by atoms with E-state index in [0.717, 1.165) is 6.26 Å². The summed E-state index contributed by atoms with van der Waals surface area (Å²) < 4.78 is 27.3. The molecular weight excluding hydrogens is 300 g/mol. The Bertz CT molecular complexity index is 502. The van der Waals surface area contributed by atoms with Crippen LogP contribution in [0.2, 0.25) is 0 Å². The standard InChI is InChI=1S/C12H22N2O6S/c1-12(2,21(3,18)19)8-13-11(17)14-4-5-20-7-9(14)6-10(15)16/h9H,4-8H2,1-3H3,(H,13,17)(H,15,16). The monoisotopic (exact) mass is 322 g/mol. The average Bonchev–Trinajstić information content (AvgIpc) is 2.34. The van der Waals surface area contributed by atoms with E-state index in [0.29, 0.717) is 6.61 Å². The third-order valence-corrected chi connectivity index (χ3v) is 5.72. The minimum atomic E-state index is -3.31. The van der Waals surface area contributed by atoms with Gasteiger partial charge in [0.05, 0.1) is 30.4 Å². The second-order valence-corrected chi connectivity index (χ2v) is 8.36. The van der Waals surface area contributed by atoms with Crippen LogP contribution < -0.4 is 5.32 Å². The van der Waals surface area contributed by atoms with Gasteiger partial charge in [0.15, 0.2) is 9.84 Å². The maximum Gasteiger partial charge on any atom is 0.317 e. The van der Waals surface area contributed by atoms with Crippen molar-refractivity contribution in [2.45, 2.75) is 31.1 Å². The first-order valence-electron chi connectivity index (χ1n) is 6.58. The van der Waals surface area contributed by atoms with E-state index in [1.165, 1.54) is 18.7 Å². The molecule has 2 amide bonds. The normalized spacial score (nSPS) is 20.1. The van der Waals surface area contributed by atoms with Crippen molar-refractivity contribution < 1.29 is 27.9 Å². The molecule has 9 heteroatoms. The van der Waals surface area contributed by atoms with Gasteiger partial charge in [-0.15, -0.1) is 0 Å². The number of urea groups is 1. The molecule has 2 N–H and O–H groups in total. The van der Waals surface area contributed by atoms with E-state index in [1.807, 2.05) is 0 Å². The molecule has 1 aliphatic heterocycles. The summed E-state index contributed by atoms with van der Waals surface area (Å²) >= 11 is 0. The van der Waals surface area contributed by atoms with E-state index in [-0.39, 0.29) is 26.1 Å². The summed E-state index contributed by atoms with van der Waals surface area (Å²) in [7, 11) is -3.31. The minimum absolute atomic E-state index is 0.0399. The summed E-state index contributed by atoms with van der Waals surface area (Å²) in [6, 6.07) is -1.01. The lowest BCUT2D eigenvalue weighted by atomic mass is 10.1. The van der Waals surface area contributed by atoms with Crippen molar-refractivity contribution in [3.8, 4) is 0 Å². The lowest BCUT2D eigenvalue weighted by Gasteiger charge is -2.35. The highest BCUT2D eigenvalue weighted by molar-refractivity contribution is 7.92. The number of aliphatic carboxylic acids is 1. The summed E-state index contributed by atoms with van der Waals surface area (Å²) in [6.07, 6.45) is 0.907. The number of carboxylic acids is 1. The molecule has 21 heavy (non-hydrogen) atoms. The maximum absolute atomic E-state index is 12.1. The molecule has 0 bridgehead atoms. The fraction of sp³-hybridized carbons (Fsp3) is 0.833. The van der Waals surface area contributed by atoms with Crippen molar-refractivity contribution in [1.82, 2.24) is 10.2 Å². The summed E-state index contributed by atoms with van der Waals surface area (Å²) in [5, 5.41) is 11.4. The predicted octanol–water partition coefficient (Wildman–Crippen LogP) is -0.305. The number of nitrogens with one attached hydrogen (secondary N) is 1. The minimum Gasteiger partial charge on any atom is -0.481 e. The molecule has 0 aromatic carbocycles. The number of amides is 2. The van der Waals surface area contributed by atoms with Gasteiger partial charge in [0.25, 0.3) is 0 Å². The second kappa shape index (κ2) is 6.61. The molecule has 0 saturated carbocycles. The molecular formula is C12H22N2O6S. The number of sulfone groups is 1. The van der Waals surface area contributed by atoms with E-state index in [1.54, 1.807) is 0 Å². The molecule has 8 nitrogen and oxygen atoms in total. The number of carbonyl (C=O) groups excluding carboxylic acids is 1. The van der Waals surface area contributed by atoms with Crippen LogP contribution in [-0.2, 0) is 19.4 Å². The first-order valence-corrected chi connectivity index (χ1v) is 8.47. The zero-order valence-corrected chi connectivity index (χ0v) is 13.3. The van der Waals surface area contributed by atoms with Gasteiger partial charge in [-0.1, -0.05) is 0 Å². The van der Waals surface area contributed by atoms with Crippen LogP contribution in [-0.4, -0.2) is 73.8 Å². The number of morpholine rings is 1. The number of hydrogen-bond acceptors (Lipinski definition) is 5. The fourth-order valence-corrected chi connectivity index (χ4v) is 2.15. The second-order valence-electron chi connectivity index (χ2n) is 5.71. The highest BCUT2D eigenvalue weighted by atomic mass is 32.2. The van der Waals surface area contributed by atoms with E-state index in [2.05, 4.69) is 5.32 Å². The third-order valence-electron chi connectivity index (χ3n) is 3.57. The third kappa shape index (κ3) is 4.85. The summed E-state index contributed by atoms with van der Waals surface area (Å²) in [4.78, 5) is 24.3. The number of nitrogens with zero attached hydrogens (tertiary/aromatic N) is 1. The SMILES string of the molecule is CC(C)(CNC(=O)N1CCOCC1CC(=O)O)S(C)(=O)=O. The lowest BCUT2D eigenvalue weighted by Crippen LogP contribution is -2.55. The van der Waals surface area contributed by atoms with Crippen LogP contribution in [0.15, 0.2) is 0 Å². The van der Waals surface area contributed by atoms with Crippen LogP contribution >= 0.6 is 0 Å². The van der Waals surface area contributed by atoms with E-state index in [4.69, 9.17) is 9.84 Å². The zero-order chi connectivity index (χ0) is 16.3. The summed E-state index contributed by atoms with van der Waals surface area (Å²) in [5.74, 6) is -1.01. The Balaban J connectivity index is 2.66. The van der Waals surface area contributed by atoms with Crippen molar-refractivity contribution in [3.05, 3.63) is 0 Å². The van der Waals surface area contributed by atoms with Crippen LogP contribution in [0.3, 0.4) is 0 Å². The van der Waals surface area contributed by atoms with Crippen LogP contribution in [0, 0.1) is 0 Å². The van der Waals surface area contributed by atoms with Gasteiger partial charge >= 0.3 is 12.0 Å². The van der Waals surface area contributed by atoms with Crippen molar-refractivity contribution in [3.63, 3.8) is 0 Å². The molecule has 122 valence electrons. The van der Waals surface area contributed by atoms with Gasteiger partial charge < -0.3 is 20.1 Å². The fourth-order valence-electron chi connectivity index (χ4n) is 1.81. The van der Waals surface area contributed by atoms with E-state index in [9.17, 15) is 18.0 Å². The van der Waals surface area contributed by atoms with Gasteiger partial charge in [0.2, 0.25) is 0 Å². The molecule has 0 aromatic heterocycles. The highest BCUT2D eigenvalue weighted by Crippen LogP contribution is 2.15. The van der Waals surface area contributed by atoms with Gasteiger partial charge in [-0.2, -0.15) is 0 Å². The number of hydrogen-bond donors (Lipinski definition) is 2. The quantitative estimate of drug-likeness (QED) is 0.718. The van der Waals surface area contributed by atoms with Crippen molar-refractivity contribution in [2.75, 3.05) is 32.6 Å². The van der Waals surface area contributed by atoms with Gasteiger partial charge in [0, 0.05) is 19.3 Å². The molecule has 0 aromatic rings. The first-order chi connectivity index (χ1) is 9.54. The van der Waals surface area contributed by atoms with Gasteiger partial charge in [-0.05, 0) is 13.8 Å². The molecule has 1 unspecified atom stereocenters. The Kier molecular flexibility index (Phi) is 5.57. The number of carboxylic acid groups (broad SMARTS) is 1. The molecule has 1 fully saturated rings. The van der Waals surface area contributed by atoms with Crippen LogP contribution in [0.1, 0.15) is 20.3 Å². The topological polar surface area (TPSA) is 113 Å². The van der Waals surface area contributed by atoms with Gasteiger partial charge in [-0.3, -0.25) is 4.79 Å². The van der Waals surface area contributed by atoms with Gasteiger partial charge in [0.1, 0.15) is 0 Å². The van der Waals surface area contributed by atoms with Crippen molar-refractivity contribution in [1.29, 1.82) is 0 Å². The van der Waals surface area contributed by atoms with Gasteiger partial charge in [-0.25, -0.2) is 13.2 Å². The number of carbonyl (C=O) groups is 2. The Hall–Kier alpha value is -1.35. The molecule has 0 radical (unpaired) electrons. The Morgan fingerprint density at radius 1 is 1.43 bits per heavy atom. The summed E-state index contributed by atoms with van der Waals surface area (Å²) in [5.41, 5.74) is 0. The van der Waals surface area contributed by atoms with Crippen LogP contribution in [0.4, 0.5) is 4.79 Å². The first kappa shape index (κ1) is 17.7. The van der Waals surface area contributed by atoms with Crippen LogP contribution in [0.5, 0.6) is 0 Å². The number of rotatable bonds is 5. The Morgan fingerprint density at radius 3 is 2.57 bits per heavy atom. The number of ether oxygens (including phenoxy) is 1. The Labute approximate surface area is 124 Å². The smallest absolute Gasteiger partial charge is 0.317 e. The molecule has 1 saturated heterocycles. The molecule has 0 aliphatic carbocycles. The lowest BCUT2D eigenvalue weighted by molar-refractivity contribution is -0.139. The molecule has 1 atom stereocenters. The summed E-state index contributed by atoms with van der Waals surface area (Å²) in [6.45, 7) is 3.78. The van der Waals surface area contributed by atoms with Crippen LogP contribution in [0.25, 0.3) is 0 Å².